The summed E-state index contributed by atoms with van der Waals surface area (Å²) in [6.07, 6.45) is 3.48. The Morgan fingerprint density at radius 3 is 1.85 bits per heavy atom. The summed E-state index contributed by atoms with van der Waals surface area (Å²) in [4.78, 5) is 0. The summed E-state index contributed by atoms with van der Waals surface area (Å²) in [5, 5.41) is 2.70. The highest BCUT2D eigenvalue weighted by Crippen LogP contribution is 2.60. The second-order valence-corrected chi connectivity index (χ2v) is 16.7. The lowest BCUT2D eigenvalue weighted by Crippen LogP contribution is -2.66. The second kappa shape index (κ2) is 8.19. The first kappa shape index (κ1) is 24.1. The molecule has 2 fully saturated rings. The van der Waals surface area contributed by atoms with Crippen LogP contribution in [0.1, 0.15) is 54.9 Å². The number of allylic oxidation sites excluding steroid dienone is 2. The van der Waals surface area contributed by atoms with Gasteiger partial charge in [0.1, 0.15) is 0 Å². The van der Waals surface area contributed by atoms with Gasteiger partial charge in [0.15, 0.2) is 0 Å². The van der Waals surface area contributed by atoms with E-state index in [2.05, 4.69) is 115 Å². The molecule has 5 rings (SSSR count). The van der Waals surface area contributed by atoms with Crippen LogP contribution in [0, 0.1) is 17.8 Å². The van der Waals surface area contributed by atoms with Gasteiger partial charge >= 0.3 is 7.12 Å². The van der Waals surface area contributed by atoms with Crippen LogP contribution >= 0.6 is 0 Å². The molecule has 34 heavy (non-hydrogen) atoms. The van der Waals surface area contributed by atoms with Gasteiger partial charge in [0, 0.05) is 6.61 Å². The van der Waals surface area contributed by atoms with E-state index in [9.17, 15) is 0 Å². The third-order valence-electron chi connectivity index (χ3n) is 8.78. The standard InChI is InChI=1S/C29H39BO3Si/c1-27(2,3)34(21-14-10-8-11-15-21,22-16-12-9-13-17-22)31-20-24-23-18-19-25(26(23)24)30-32-28(4,5)29(6,7)33-30/h8-17,19,23-24,26H,18,20H2,1-7H3/t23-,24-,26-/m1/s1. The van der Waals surface area contributed by atoms with Gasteiger partial charge in [-0.05, 0) is 72.8 Å². The van der Waals surface area contributed by atoms with Crippen molar-refractivity contribution in [2.24, 2.45) is 17.8 Å². The number of hydrogen-bond acceptors (Lipinski definition) is 3. The third-order valence-corrected chi connectivity index (χ3v) is 13.8. The van der Waals surface area contributed by atoms with Crippen molar-refractivity contribution in [2.45, 2.75) is 71.1 Å². The van der Waals surface area contributed by atoms with E-state index in [1.807, 2.05) is 0 Å². The molecule has 1 saturated carbocycles. The van der Waals surface area contributed by atoms with Gasteiger partial charge in [-0.25, -0.2) is 0 Å². The van der Waals surface area contributed by atoms with E-state index < -0.39 is 8.32 Å². The van der Waals surface area contributed by atoms with Gasteiger partial charge in [0.05, 0.1) is 11.2 Å². The normalized spacial score (nSPS) is 27.4. The van der Waals surface area contributed by atoms with Crippen molar-refractivity contribution in [2.75, 3.05) is 6.61 Å². The van der Waals surface area contributed by atoms with Gasteiger partial charge in [0.2, 0.25) is 0 Å². The molecule has 2 aromatic carbocycles. The van der Waals surface area contributed by atoms with Crippen LogP contribution in [0.25, 0.3) is 0 Å². The van der Waals surface area contributed by atoms with Crippen molar-refractivity contribution in [1.82, 2.24) is 0 Å². The molecule has 1 aliphatic heterocycles. The summed E-state index contributed by atoms with van der Waals surface area (Å²) in [6.45, 7) is 16.4. The lowest BCUT2D eigenvalue weighted by molar-refractivity contribution is 0.00578. The monoisotopic (exact) mass is 474 g/mol. The minimum absolute atomic E-state index is 0.00407. The van der Waals surface area contributed by atoms with Crippen molar-refractivity contribution in [3.05, 3.63) is 72.2 Å². The summed E-state index contributed by atoms with van der Waals surface area (Å²) in [6, 6.07) is 21.9. The minimum Gasteiger partial charge on any atom is -0.407 e. The highest BCUT2D eigenvalue weighted by molar-refractivity contribution is 6.99. The first-order valence-corrected chi connectivity index (χ1v) is 14.7. The molecule has 2 aromatic rings. The summed E-state index contributed by atoms with van der Waals surface area (Å²) < 4.78 is 20.1. The van der Waals surface area contributed by atoms with E-state index in [-0.39, 0.29) is 23.4 Å². The van der Waals surface area contributed by atoms with Gasteiger partial charge in [-0.1, -0.05) is 87.5 Å². The van der Waals surface area contributed by atoms with Crippen molar-refractivity contribution >= 4 is 25.8 Å². The van der Waals surface area contributed by atoms with Gasteiger partial charge in [-0.2, -0.15) is 0 Å². The maximum Gasteiger partial charge on any atom is 0.490 e. The summed E-state index contributed by atoms with van der Waals surface area (Å²) >= 11 is 0. The minimum atomic E-state index is -2.50. The number of benzene rings is 2. The highest BCUT2D eigenvalue weighted by atomic mass is 28.4. The van der Waals surface area contributed by atoms with Gasteiger partial charge in [0.25, 0.3) is 8.32 Å². The molecule has 3 nitrogen and oxygen atoms in total. The van der Waals surface area contributed by atoms with Gasteiger partial charge in [-0.15, -0.1) is 0 Å². The Morgan fingerprint density at radius 1 is 0.882 bits per heavy atom. The Hall–Kier alpha value is -1.66. The topological polar surface area (TPSA) is 27.7 Å². The predicted molar refractivity (Wildman–Crippen MR) is 143 cm³/mol. The zero-order chi connectivity index (χ0) is 24.4. The fraction of sp³-hybridized carbons (Fsp3) is 0.517. The first-order chi connectivity index (χ1) is 16.0. The van der Waals surface area contributed by atoms with Gasteiger partial charge < -0.3 is 13.7 Å². The van der Waals surface area contributed by atoms with Gasteiger partial charge in [-0.3, -0.25) is 0 Å². The molecular formula is C29H39BO3Si. The van der Waals surface area contributed by atoms with Crippen LogP contribution in [-0.2, 0) is 13.7 Å². The third kappa shape index (κ3) is 3.76. The van der Waals surface area contributed by atoms with Crippen molar-refractivity contribution < 1.29 is 13.7 Å². The summed E-state index contributed by atoms with van der Waals surface area (Å²) in [5.74, 6) is 1.72. The van der Waals surface area contributed by atoms with Crippen LogP contribution in [0.15, 0.2) is 72.2 Å². The lowest BCUT2D eigenvalue weighted by atomic mass is 9.75. The zero-order valence-electron chi connectivity index (χ0n) is 21.8. The maximum absolute atomic E-state index is 7.25. The van der Waals surface area contributed by atoms with E-state index in [4.69, 9.17) is 13.7 Å². The molecule has 0 bridgehead atoms. The Bertz CT molecular complexity index is 1000. The van der Waals surface area contributed by atoms with E-state index in [0.717, 1.165) is 13.0 Å². The van der Waals surface area contributed by atoms with Crippen molar-refractivity contribution in [3.63, 3.8) is 0 Å². The number of rotatable bonds is 6. The molecule has 0 aromatic heterocycles. The van der Waals surface area contributed by atoms with Crippen molar-refractivity contribution in [1.29, 1.82) is 0 Å². The van der Waals surface area contributed by atoms with Crippen LogP contribution in [0.5, 0.6) is 0 Å². The molecule has 180 valence electrons. The molecule has 1 heterocycles. The Labute approximate surface area is 207 Å². The second-order valence-electron chi connectivity index (χ2n) is 12.4. The van der Waals surface area contributed by atoms with Crippen LogP contribution in [0.2, 0.25) is 5.04 Å². The molecule has 3 aliphatic rings. The molecule has 0 unspecified atom stereocenters. The fourth-order valence-electron chi connectivity index (χ4n) is 6.11. The average Bonchev–Trinajstić information content (AvgIpc) is 3.16. The van der Waals surface area contributed by atoms with Crippen LogP contribution in [-0.4, -0.2) is 33.2 Å². The molecular weight excluding hydrogens is 435 g/mol. The molecule has 0 amide bonds. The first-order valence-electron chi connectivity index (χ1n) is 12.8. The SMILES string of the molecule is CC1(C)OB(C2=CC[C@@H]3[C@@H](CO[Si](c4ccccc4)(c4ccccc4)C(C)(C)C)[C@H]23)OC1(C)C. The number of hydrogen-bond donors (Lipinski definition) is 0. The smallest absolute Gasteiger partial charge is 0.407 e. The maximum atomic E-state index is 7.25. The molecule has 0 N–H and O–H groups in total. The molecule has 5 heteroatoms. The Kier molecular flexibility index (Phi) is 5.80. The molecule has 0 spiro atoms. The van der Waals surface area contributed by atoms with Crippen LogP contribution in [0.3, 0.4) is 0 Å². The predicted octanol–water partition coefficient (Wildman–Crippen LogP) is 5.39. The fourth-order valence-corrected chi connectivity index (χ4v) is 10.7. The summed E-state index contributed by atoms with van der Waals surface area (Å²) in [7, 11) is -2.73. The Morgan fingerprint density at radius 2 is 1.38 bits per heavy atom. The van der Waals surface area contributed by atoms with E-state index in [1.165, 1.54) is 15.8 Å². The quantitative estimate of drug-likeness (QED) is 0.526. The molecule has 1 saturated heterocycles. The summed E-state index contributed by atoms with van der Waals surface area (Å²) in [5.41, 5.74) is 0.749. The highest BCUT2D eigenvalue weighted by Gasteiger charge is 2.62. The van der Waals surface area contributed by atoms with E-state index >= 15 is 0 Å². The Balaban J connectivity index is 1.40. The molecule has 3 atom stereocenters. The molecule has 0 radical (unpaired) electrons. The van der Waals surface area contributed by atoms with E-state index in [0.29, 0.717) is 17.8 Å². The molecule has 2 aliphatic carbocycles. The number of fused-ring (bicyclic) bond motifs is 1. The largest absolute Gasteiger partial charge is 0.490 e. The van der Waals surface area contributed by atoms with Crippen molar-refractivity contribution in [3.8, 4) is 0 Å². The lowest BCUT2D eigenvalue weighted by Gasteiger charge is -2.43. The van der Waals surface area contributed by atoms with Crippen LogP contribution in [0.4, 0.5) is 0 Å². The zero-order valence-corrected chi connectivity index (χ0v) is 22.8. The van der Waals surface area contributed by atoms with E-state index in [1.54, 1.807) is 0 Å². The van der Waals surface area contributed by atoms with Crippen LogP contribution < -0.4 is 10.4 Å². The average molecular weight is 475 g/mol.